The predicted octanol–water partition coefficient (Wildman–Crippen LogP) is 2.62. The summed E-state index contributed by atoms with van der Waals surface area (Å²) in [5, 5.41) is 10.5. The SMILES string of the molecule is Cc1ccc(/C=C/S(=O)(=O)NC(CO)c2ccccc2)cc1. The fraction of sp³-hybridized carbons (Fsp3) is 0.176. The van der Waals surface area contributed by atoms with Crippen LogP contribution in [0.4, 0.5) is 0 Å². The first-order valence-corrected chi connectivity index (χ1v) is 8.48. The maximum atomic E-state index is 12.1. The molecule has 0 fully saturated rings. The first-order valence-electron chi connectivity index (χ1n) is 6.93. The van der Waals surface area contributed by atoms with Gasteiger partial charge < -0.3 is 5.11 Å². The van der Waals surface area contributed by atoms with E-state index in [-0.39, 0.29) is 6.61 Å². The van der Waals surface area contributed by atoms with Crippen molar-refractivity contribution in [3.63, 3.8) is 0 Å². The van der Waals surface area contributed by atoms with E-state index >= 15 is 0 Å². The maximum absolute atomic E-state index is 12.1. The van der Waals surface area contributed by atoms with E-state index in [4.69, 9.17) is 0 Å². The number of sulfonamides is 1. The summed E-state index contributed by atoms with van der Waals surface area (Å²) in [6, 6.07) is 15.9. The number of aliphatic hydroxyl groups is 1. The van der Waals surface area contributed by atoms with Gasteiger partial charge in [0.05, 0.1) is 12.6 Å². The number of nitrogens with one attached hydrogen (secondary N) is 1. The number of hydrogen-bond donors (Lipinski definition) is 2. The molecular formula is C17H19NO3S. The number of rotatable bonds is 6. The molecule has 0 saturated heterocycles. The molecule has 0 spiro atoms. The lowest BCUT2D eigenvalue weighted by Crippen LogP contribution is -2.29. The van der Waals surface area contributed by atoms with E-state index in [0.29, 0.717) is 0 Å². The summed E-state index contributed by atoms with van der Waals surface area (Å²) in [5.74, 6) is 0. The molecular weight excluding hydrogens is 298 g/mol. The Hall–Kier alpha value is -1.95. The first-order chi connectivity index (χ1) is 10.5. The van der Waals surface area contributed by atoms with Crippen molar-refractivity contribution in [2.24, 2.45) is 0 Å². The van der Waals surface area contributed by atoms with Crippen molar-refractivity contribution in [1.82, 2.24) is 4.72 Å². The van der Waals surface area contributed by atoms with Crippen molar-refractivity contribution in [3.05, 3.63) is 76.7 Å². The van der Waals surface area contributed by atoms with Gasteiger partial charge in [-0.05, 0) is 24.1 Å². The van der Waals surface area contributed by atoms with Crippen LogP contribution in [-0.4, -0.2) is 20.1 Å². The smallest absolute Gasteiger partial charge is 0.234 e. The molecule has 4 nitrogen and oxygen atoms in total. The second kappa shape index (κ2) is 7.35. The highest BCUT2D eigenvalue weighted by Crippen LogP contribution is 2.14. The molecule has 0 heterocycles. The summed E-state index contributed by atoms with van der Waals surface area (Å²) in [4.78, 5) is 0. The quantitative estimate of drug-likeness (QED) is 0.860. The molecule has 0 aromatic heterocycles. The van der Waals surface area contributed by atoms with E-state index in [1.165, 1.54) is 6.08 Å². The largest absolute Gasteiger partial charge is 0.394 e. The Balaban J connectivity index is 2.11. The molecule has 2 rings (SSSR count). The Kier molecular flexibility index (Phi) is 5.49. The Morgan fingerprint density at radius 1 is 1.09 bits per heavy atom. The van der Waals surface area contributed by atoms with Gasteiger partial charge in [0.25, 0.3) is 0 Å². The van der Waals surface area contributed by atoms with Crippen molar-refractivity contribution in [3.8, 4) is 0 Å². The fourth-order valence-electron chi connectivity index (χ4n) is 1.98. The summed E-state index contributed by atoms with van der Waals surface area (Å²) >= 11 is 0. The molecule has 0 aliphatic rings. The average molecular weight is 317 g/mol. The van der Waals surface area contributed by atoms with Crippen molar-refractivity contribution < 1.29 is 13.5 Å². The Bertz CT molecular complexity index is 722. The van der Waals surface area contributed by atoms with E-state index in [2.05, 4.69) is 4.72 Å². The van der Waals surface area contributed by atoms with E-state index in [1.54, 1.807) is 24.3 Å². The standard InChI is InChI=1S/C17H19NO3S/c1-14-7-9-15(10-8-14)11-12-22(20,21)18-17(13-19)16-5-3-2-4-6-16/h2-12,17-19H,13H2,1H3/b12-11+. The molecule has 22 heavy (non-hydrogen) atoms. The van der Waals surface area contributed by atoms with Crippen LogP contribution >= 0.6 is 0 Å². The van der Waals surface area contributed by atoms with Gasteiger partial charge in [0.1, 0.15) is 0 Å². The van der Waals surface area contributed by atoms with Gasteiger partial charge in [0, 0.05) is 5.41 Å². The van der Waals surface area contributed by atoms with E-state index < -0.39 is 16.1 Å². The Morgan fingerprint density at radius 3 is 2.32 bits per heavy atom. The summed E-state index contributed by atoms with van der Waals surface area (Å²) in [5.41, 5.74) is 2.64. The minimum absolute atomic E-state index is 0.304. The predicted molar refractivity (Wildman–Crippen MR) is 88.5 cm³/mol. The van der Waals surface area contributed by atoms with Crippen molar-refractivity contribution >= 4 is 16.1 Å². The molecule has 2 aromatic carbocycles. The highest BCUT2D eigenvalue weighted by Gasteiger charge is 2.16. The molecule has 0 saturated carbocycles. The van der Waals surface area contributed by atoms with Crippen LogP contribution in [0.2, 0.25) is 0 Å². The van der Waals surface area contributed by atoms with Crippen LogP contribution in [0.25, 0.3) is 6.08 Å². The van der Waals surface area contributed by atoms with Gasteiger partial charge in [-0.1, -0.05) is 60.2 Å². The van der Waals surface area contributed by atoms with Gasteiger partial charge in [0.15, 0.2) is 0 Å². The molecule has 0 bridgehead atoms. The monoisotopic (exact) mass is 317 g/mol. The minimum Gasteiger partial charge on any atom is -0.394 e. The summed E-state index contributed by atoms with van der Waals surface area (Å²) in [6.07, 6.45) is 1.53. The molecule has 5 heteroatoms. The van der Waals surface area contributed by atoms with Gasteiger partial charge in [-0.2, -0.15) is 0 Å². The molecule has 0 radical (unpaired) electrons. The van der Waals surface area contributed by atoms with Gasteiger partial charge in [-0.3, -0.25) is 0 Å². The summed E-state index contributed by atoms with van der Waals surface area (Å²) in [6.45, 7) is 1.67. The van der Waals surface area contributed by atoms with Crippen molar-refractivity contribution in [2.45, 2.75) is 13.0 Å². The topological polar surface area (TPSA) is 66.4 Å². The first kappa shape index (κ1) is 16.4. The molecule has 116 valence electrons. The zero-order valence-corrected chi connectivity index (χ0v) is 13.1. The van der Waals surface area contributed by atoms with Crippen LogP contribution in [0.1, 0.15) is 22.7 Å². The molecule has 0 aliphatic heterocycles. The molecule has 2 N–H and O–H groups in total. The van der Waals surface area contributed by atoms with Crippen LogP contribution in [0.5, 0.6) is 0 Å². The summed E-state index contributed by atoms with van der Waals surface area (Å²) < 4.78 is 26.7. The van der Waals surface area contributed by atoms with Gasteiger partial charge in [-0.25, -0.2) is 13.1 Å². The van der Waals surface area contributed by atoms with Crippen LogP contribution in [0.3, 0.4) is 0 Å². The molecule has 0 aliphatic carbocycles. The highest BCUT2D eigenvalue weighted by atomic mass is 32.2. The lowest BCUT2D eigenvalue weighted by Gasteiger charge is -2.15. The molecule has 2 aromatic rings. The number of aryl methyl sites for hydroxylation is 1. The van der Waals surface area contributed by atoms with Gasteiger partial charge in [0.2, 0.25) is 10.0 Å². The number of benzene rings is 2. The van der Waals surface area contributed by atoms with Crippen molar-refractivity contribution in [1.29, 1.82) is 0 Å². The molecule has 1 atom stereocenters. The van der Waals surface area contributed by atoms with Crippen LogP contribution in [0.15, 0.2) is 60.0 Å². The second-order valence-corrected chi connectivity index (χ2v) is 6.62. The van der Waals surface area contributed by atoms with E-state index in [9.17, 15) is 13.5 Å². The van der Waals surface area contributed by atoms with Gasteiger partial charge >= 0.3 is 0 Å². The van der Waals surface area contributed by atoms with Crippen LogP contribution in [-0.2, 0) is 10.0 Å². The lowest BCUT2D eigenvalue weighted by atomic mass is 10.1. The van der Waals surface area contributed by atoms with E-state index in [1.807, 2.05) is 37.3 Å². The minimum atomic E-state index is -3.64. The third-order valence-corrected chi connectivity index (χ3v) is 4.32. The second-order valence-electron chi connectivity index (χ2n) is 5.02. The number of aliphatic hydroxyl groups excluding tert-OH is 1. The maximum Gasteiger partial charge on any atom is 0.234 e. The zero-order valence-electron chi connectivity index (χ0n) is 12.3. The van der Waals surface area contributed by atoms with Crippen molar-refractivity contribution in [2.75, 3.05) is 6.61 Å². The number of hydrogen-bond acceptors (Lipinski definition) is 3. The van der Waals surface area contributed by atoms with Crippen LogP contribution in [0, 0.1) is 6.92 Å². The summed E-state index contributed by atoms with van der Waals surface area (Å²) in [7, 11) is -3.64. The molecule has 0 amide bonds. The molecule has 1 unspecified atom stereocenters. The van der Waals surface area contributed by atoms with E-state index in [0.717, 1.165) is 22.1 Å². The third-order valence-electron chi connectivity index (χ3n) is 3.21. The zero-order chi connectivity index (χ0) is 16.0. The van der Waals surface area contributed by atoms with Crippen LogP contribution < -0.4 is 4.72 Å². The highest BCUT2D eigenvalue weighted by molar-refractivity contribution is 7.92. The Labute approximate surface area is 131 Å². The fourth-order valence-corrected chi connectivity index (χ4v) is 3.00. The normalized spacial score (nSPS) is 13.4. The van der Waals surface area contributed by atoms with Gasteiger partial charge in [-0.15, -0.1) is 0 Å². The average Bonchev–Trinajstić information content (AvgIpc) is 2.53. The Morgan fingerprint density at radius 2 is 1.73 bits per heavy atom. The lowest BCUT2D eigenvalue weighted by molar-refractivity contribution is 0.259. The third kappa shape index (κ3) is 4.80.